The summed E-state index contributed by atoms with van der Waals surface area (Å²) in [6.45, 7) is 0. The third kappa shape index (κ3) is 2.53. The molecule has 2 aliphatic carbocycles. The van der Waals surface area contributed by atoms with Crippen molar-refractivity contribution < 1.29 is 5.11 Å². The minimum atomic E-state index is -0.728. The van der Waals surface area contributed by atoms with E-state index in [1.165, 1.54) is 38.5 Å². The maximum Gasteiger partial charge on any atom is 0.111 e. The lowest BCUT2D eigenvalue weighted by atomic mass is 9.64. The van der Waals surface area contributed by atoms with Crippen molar-refractivity contribution in [3.05, 3.63) is 24.3 Å². The molecule has 0 spiro atoms. The molecule has 1 aromatic rings. The molecule has 104 valence electrons. The normalized spacial score (nSPS) is 33.2. The Bertz CT molecular complexity index is 402. The highest BCUT2D eigenvalue weighted by Crippen LogP contribution is 2.48. The second kappa shape index (κ2) is 5.58. The van der Waals surface area contributed by atoms with Crippen LogP contribution in [0.3, 0.4) is 0 Å². The van der Waals surface area contributed by atoms with Crippen LogP contribution in [0.15, 0.2) is 18.6 Å². The van der Waals surface area contributed by atoms with Crippen molar-refractivity contribution in [2.45, 2.75) is 63.4 Å². The van der Waals surface area contributed by atoms with Gasteiger partial charge in [0.1, 0.15) is 5.60 Å². The molecule has 0 radical (unpaired) electrons. The number of rotatable bonds is 2. The molecule has 2 fully saturated rings. The monoisotopic (exact) mass is 260 g/mol. The fraction of sp³-hybridized carbons (Fsp3) is 0.750. The zero-order valence-corrected chi connectivity index (χ0v) is 11.6. The van der Waals surface area contributed by atoms with Gasteiger partial charge in [-0.15, -0.1) is 0 Å². The predicted octanol–water partition coefficient (Wildman–Crippen LogP) is 3.43. The smallest absolute Gasteiger partial charge is 0.111 e. The Kier molecular flexibility index (Phi) is 3.83. The minimum Gasteiger partial charge on any atom is -0.383 e. The van der Waals surface area contributed by atoms with Crippen LogP contribution in [0.25, 0.3) is 0 Å². The molecule has 0 aliphatic heterocycles. The average molecular weight is 260 g/mol. The van der Waals surface area contributed by atoms with Crippen molar-refractivity contribution in [2.24, 2.45) is 11.8 Å². The molecule has 3 nitrogen and oxygen atoms in total. The van der Waals surface area contributed by atoms with Crippen LogP contribution in [0, 0.1) is 11.8 Å². The van der Waals surface area contributed by atoms with Crippen LogP contribution in [0.4, 0.5) is 0 Å². The highest BCUT2D eigenvalue weighted by Gasteiger charge is 2.45. The zero-order chi connectivity index (χ0) is 13.1. The Hall–Kier alpha value is -0.960. The average Bonchev–Trinajstić information content (AvgIpc) is 2.49. The molecule has 1 aromatic heterocycles. The molecule has 0 aromatic carbocycles. The van der Waals surface area contributed by atoms with E-state index in [0.717, 1.165) is 25.0 Å². The molecular formula is C16H24N2O. The van der Waals surface area contributed by atoms with Gasteiger partial charge in [-0.25, -0.2) is 0 Å². The van der Waals surface area contributed by atoms with E-state index in [4.69, 9.17) is 0 Å². The molecule has 2 atom stereocenters. The van der Waals surface area contributed by atoms with Crippen LogP contribution in [-0.4, -0.2) is 15.1 Å². The molecule has 3 rings (SSSR count). The van der Waals surface area contributed by atoms with Gasteiger partial charge in [0.15, 0.2) is 0 Å². The van der Waals surface area contributed by atoms with Gasteiger partial charge in [0.2, 0.25) is 0 Å². The maximum absolute atomic E-state index is 11.3. The zero-order valence-electron chi connectivity index (χ0n) is 11.6. The lowest BCUT2D eigenvalue weighted by molar-refractivity contribution is -0.0868. The fourth-order valence-corrected chi connectivity index (χ4v) is 4.19. The summed E-state index contributed by atoms with van der Waals surface area (Å²) in [6, 6.07) is 0. The lowest BCUT2D eigenvalue weighted by Crippen LogP contribution is -2.43. The summed E-state index contributed by atoms with van der Waals surface area (Å²) in [6.07, 6.45) is 16.1. The molecule has 2 unspecified atom stereocenters. The highest BCUT2D eigenvalue weighted by molar-refractivity contribution is 5.12. The molecule has 0 bridgehead atoms. The molecule has 2 aliphatic rings. The van der Waals surface area contributed by atoms with Crippen molar-refractivity contribution in [1.29, 1.82) is 0 Å². The summed E-state index contributed by atoms with van der Waals surface area (Å²) in [5.74, 6) is 1.07. The van der Waals surface area contributed by atoms with E-state index in [9.17, 15) is 5.11 Å². The molecule has 3 heteroatoms. The summed E-state index contributed by atoms with van der Waals surface area (Å²) < 4.78 is 0. The lowest BCUT2D eigenvalue weighted by Gasteiger charge is -2.44. The van der Waals surface area contributed by atoms with Gasteiger partial charge in [0, 0.05) is 12.4 Å². The number of nitrogens with zero attached hydrogens (tertiary/aromatic N) is 2. The SMILES string of the molecule is OC1(c2cnccn2)CCCCC1C1CCCCC1. The first-order valence-electron chi connectivity index (χ1n) is 7.79. The van der Waals surface area contributed by atoms with E-state index < -0.39 is 5.60 Å². The number of hydrogen-bond donors (Lipinski definition) is 1. The first kappa shape index (κ1) is 13.0. The van der Waals surface area contributed by atoms with Crippen molar-refractivity contribution >= 4 is 0 Å². The Labute approximate surface area is 115 Å². The van der Waals surface area contributed by atoms with Gasteiger partial charge in [0.25, 0.3) is 0 Å². The standard InChI is InChI=1S/C16H24N2O/c19-16(15-12-17-10-11-18-15)9-5-4-8-14(16)13-6-2-1-3-7-13/h10-14,19H,1-9H2. The largest absolute Gasteiger partial charge is 0.383 e. The molecule has 0 saturated heterocycles. The Morgan fingerprint density at radius 2 is 1.79 bits per heavy atom. The van der Waals surface area contributed by atoms with Gasteiger partial charge >= 0.3 is 0 Å². The summed E-state index contributed by atoms with van der Waals surface area (Å²) in [5, 5.41) is 11.3. The Balaban J connectivity index is 1.87. The van der Waals surface area contributed by atoms with Crippen LogP contribution in [0.1, 0.15) is 63.5 Å². The second-order valence-electron chi connectivity index (χ2n) is 6.27. The van der Waals surface area contributed by atoms with Crippen LogP contribution in [0.2, 0.25) is 0 Å². The predicted molar refractivity (Wildman–Crippen MR) is 74.5 cm³/mol. The number of aromatic nitrogens is 2. The van der Waals surface area contributed by atoms with E-state index >= 15 is 0 Å². The van der Waals surface area contributed by atoms with Gasteiger partial charge < -0.3 is 5.11 Å². The maximum atomic E-state index is 11.3. The molecule has 19 heavy (non-hydrogen) atoms. The Morgan fingerprint density at radius 3 is 2.53 bits per heavy atom. The number of hydrogen-bond acceptors (Lipinski definition) is 3. The summed E-state index contributed by atoms with van der Waals surface area (Å²) in [4.78, 5) is 8.57. The van der Waals surface area contributed by atoms with Gasteiger partial charge in [0.05, 0.1) is 11.9 Å². The van der Waals surface area contributed by atoms with Gasteiger partial charge in [-0.3, -0.25) is 9.97 Å². The van der Waals surface area contributed by atoms with Gasteiger partial charge in [-0.1, -0.05) is 44.9 Å². The van der Waals surface area contributed by atoms with Crippen molar-refractivity contribution in [3.8, 4) is 0 Å². The second-order valence-corrected chi connectivity index (χ2v) is 6.27. The molecule has 2 saturated carbocycles. The molecule has 1 heterocycles. The van der Waals surface area contributed by atoms with E-state index in [1.807, 2.05) is 0 Å². The number of aliphatic hydroxyl groups is 1. The quantitative estimate of drug-likeness (QED) is 0.886. The molecule has 1 N–H and O–H groups in total. The van der Waals surface area contributed by atoms with Gasteiger partial charge in [-0.2, -0.15) is 0 Å². The van der Waals surface area contributed by atoms with Crippen LogP contribution in [-0.2, 0) is 5.60 Å². The molecule has 0 amide bonds. The van der Waals surface area contributed by atoms with Crippen LogP contribution >= 0.6 is 0 Å². The summed E-state index contributed by atoms with van der Waals surface area (Å²) in [7, 11) is 0. The van der Waals surface area contributed by atoms with Crippen molar-refractivity contribution in [3.63, 3.8) is 0 Å². The highest BCUT2D eigenvalue weighted by atomic mass is 16.3. The summed E-state index contributed by atoms with van der Waals surface area (Å²) in [5.41, 5.74) is 0.0689. The van der Waals surface area contributed by atoms with Crippen molar-refractivity contribution in [1.82, 2.24) is 9.97 Å². The van der Waals surface area contributed by atoms with Crippen molar-refractivity contribution in [2.75, 3.05) is 0 Å². The summed E-state index contributed by atoms with van der Waals surface area (Å²) >= 11 is 0. The first-order chi connectivity index (χ1) is 9.31. The topological polar surface area (TPSA) is 46.0 Å². The third-order valence-corrected chi connectivity index (χ3v) is 5.16. The van der Waals surface area contributed by atoms with E-state index in [1.54, 1.807) is 18.6 Å². The molecular weight excluding hydrogens is 236 g/mol. The van der Waals surface area contributed by atoms with E-state index in [2.05, 4.69) is 9.97 Å². The van der Waals surface area contributed by atoms with Gasteiger partial charge in [-0.05, 0) is 24.7 Å². The van der Waals surface area contributed by atoms with E-state index in [0.29, 0.717) is 11.8 Å². The fourth-order valence-electron chi connectivity index (χ4n) is 4.19. The van der Waals surface area contributed by atoms with Crippen LogP contribution < -0.4 is 0 Å². The third-order valence-electron chi connectivity index (χ3n) is 5.16. The van der Waals surface area contributed by atoms with E-state index in [-0.39, 0.29) is 0 Å². The first-order valence-corrected chi connectivity index (χ1v) is 7.79. The Morgan fingerprint density at radius 1 is 1.00 bits per heavy atom. The minimum absolute atomic E-state index is 0.387. The van der Waals surface area contributed by atoms with Crippen LogP contribution in [0.5, 0.6) is 0 Å².